The van der Waals surface area contributed by atoms with Crippen molar-refractivity contribution in [3.63, 3.8) is 0 Å². The van der Waals surface area contributed by atoms with Crippen LogP contribution in [0.25, 0.3) is 0 Å². The minimum absolute atomic E-state index is 0.0741. The highest BCUT2D eigenvalue weighted by Crippen LogP contribution is 2.24. The van der Waals surface area contributed by atoms with Crippen LogP contribution in [-0.4, -0.2) is 36.6 Å². The van der Waals surface area contributed by atoms with Crippen molar-refractivity contribution >= 4 is 22.4 Å². The molecule has 1 saturated heterocycles. The summed E-state index contributed by atoms with van der Waals surface area (Å²) in [6.07, 6.45) is 3.29. The first-order valence-electron chi connectivity index (χ1n) is 7.30. The van der Waals surface area contributed by atoms with E-state index in [4.69, 9.17) is 5.73 Å². The maximum absolute atomic E-state index is 11.7. The summed E-state index contributed by atoms with van der Waals surface area (Å²) in [5.41, 5.74) is 6.85. The molecule has 1 fully saturated rings. The maximum Gasteiger partial charge on any atom is 0.237 e. The van der Waals surface area contributed by atoms with Gasteiger partial charge in [0.05, 0.1) is 11.7 Å². The standard InChI is InChI=1S/C14H24N4OS/c1-10(2)12(15)13(19)16-6-5-11-9-20-14(17-11)18-7-3-4-8-18/h9-10,12H,3-8,15H2,1-2H3,(H,16,19)/t12-/m0/s1. The van der Waals surface area contributed by atoms with E-state index < -0.39 is 6.04 Å². The van der Waals surface area contributed by atoms with E-state index in [1.807, 2.05) is 13.8 Å². The summed E-state index contributed by atoms with van der Waals surface area (Å²) >= 11 is 1.69. The molecule has 5 nitrogen and oxygen atoms in total. The number of thiazole rings is 1. The van der Waals surface area contributed by atoms with Crippen molar-refractivity contribution in [3.05, 3.63) is 11.1 Å². The lowest BCUT2D eigenvalue weighted by Crippen LogP contribution is -2.44. The molecule has 112 valence electrons. The van der Waals surface area contributed by atoms with Crippen LogP contribution < -0.4 is 16.0 Å². The number of anilines is 1. The molecule has 2 heterocycles. The van der Waals surface area contributed by atoms with Crippen LogP contribution in [0.2, 0.25) is 0 Å². The smallest absolute Gasteiger partial charge is 0.237 e. The Labute approximate surface area is 124 Å². The lowest BCUT2D eigenvalue weighted by Gasteiger charge is -2.15. The third kappa shape index (κ3) is 3.93. The van der Waals surface area contributed by atoms with Crippen LogP contribution >= 0.6 is 11.3 Å². The van der Waals surface area contributed by atoms with Gasteiger partial charge in [-0.1, -0.05) is 13.8 Å². The second-order valence-electron chi connectivity index (χ2n) is 5.63. The van der Waals surface area contributed by atoms with E-state index in [-0.39, 0.29) is 11.8 Å². The third-order valence-electron chi connectivity index (χ3n) is 3.62. The van der Waals surface area contributed by atoms with Crippen LogP contribution in [0.1, 0.15) is 32.4 Å². The first kappa shape index (κ1) is 15.3. The monoisotopic (exact) mass is 296 g/mol. The molecular formula is C14H24N4OS. The predicted octanol–water partition coefficient (Wildman–Crippen LogP) is 1.39. The molecule has 1 aliphatic heterocycles. The Morgan fingerprint density at radius 2 is 2.20 bits per heavy atom. The maximum atomic E-state index is 11.7. The summed E-state index contributed by atoms with van der Waals surface area (Å²) < 4.78 is 0. The molecule has 2 rings (SSSR count). The number of aromatic nitrogens is 1. The Hall–Kier alpha value is -1.14. The van der Waals surface area contributed by atoms with E-state index in [1.54, 1.807) is 11.3 Å². The minimum atomic E-state index is -0.425. The van der Waals surface area contributed by atoms with Gasteiger partial charge in [-0.3, -0.25) is 4.79 Å². The van der Waals surface area contributed by atoms with Gasteiger partial charge in [-0.2, -0.15) is 0 Å². The Bertz CT molecular complexity index is 440. The van der Waals surface area contributed by atoms with Crippen molar-refractivity contribution in [1.29, 1.82) is 0 Å². The zero-order chi connectivity index (χ0) is 14.5. The summed E-state index contributed by atoms with van der Waals surface area (Å²) in [7, 11) is 0. The van der Waals surface area contributed by atoms with Gasteiger partial charge in [-0.25, -0.2) is 4.98 Å². The number of carbonyl (C=O) groups is 1. The molecule has 0 unspecified atom stereocenters. The molecule has 1 atom stereocenters. The van der Waals surface area contributed by atoms with Crippen molar-refractivity contribution in [3.8, 4) is 0 Å². The Balaban J connectivity index is 1.75. The highest BCUT2D eigenvalue weighted by molar-refractivity contribution is 7.13. The SMILES string of the molecule is CC(C)[C@H](N)C(=O)NCCc1csc(N2CCCC2)n1. The normalized spacial score (nSPS) is 16.7. The van der Waals surface area contributed by atoms with Gasteiger partial charge in [0, 0.05) is 31.4 Å². The zero-order valence-corrected chi connectivity index (χ0v) is 13.1. The summed E-state index contributed by atoms with van der Waals surface area (Å²) in [5, 5.41) is 6.08. The molecule has 0 bridgehead atoms. The largest absolute Gasteiger partial charge is 0.354 e. The van der Waals surface area contributed by atoms with Crippen LogP contribution in [0.5, 0.6) is 0 Å². The highest BCUT2D eigenvalue weighted by Gasteiger charge is 2.17. The average molecular weight is 296 g/mol. The van der Waals surface area contributed by atoms with Gasteiger partial charge in [0.1, 0.15) is 0 Å². The van der Waals surface area contributed by atoms with E-state index in [0.717, 1.165) is 30.3 Å². The molecule has 20 heavy (non-hydrogen) atoms. The number of nitrogens with two attached hydrogens (primary N) is 1. The molecule has 0 saturated carbocycles. The van der Waals surface area contributed by atoms with Crippen LogP contribution in [0.3, 0.4) is 0 Å². The van der Waals surface area contributed by atoms with Crippen molar-refractivity contribution in [2.24, 2.45) is 11.7 Å². The van der Waals surface area contributed by atoms with Crippen LogP contribution in [0.15, 0.2) is 5.38 Å². The molecule has 0 aliphatic carbocycles. The van der Waals surface area contributed by atoms with Crippen molar-refractivity contribution in [1.82, 2.24) is 10.3 Å². The quantitative estimate of drug-likeness (QED) is 0.832. The van der Waals surface area contributed by atoms with Crippen LogP contribution in [0, 0.1) is 5.92 Å². The third-order valence-corrected chi connectivity index (χ3v) is 4.57. The Kier molecular flexibility index (Phi) is 5.37. The molecule has 1 aromatic heterocycles. The van der Waals surface area contributed by atoms with Gasteiger partial charge in [-0.05, 0) is 18.8 Å². The van der Waals surface area contributed by atoms with Crippen LogP contribution in [-0.2, 0) is 11.2 Å². The molecule has 1 aliphatic rings. The van der Waals surface area contributed by atoms with Crippen molar-refractivity contribution in [2.75, 3.05) is 24.5 Å². The van der Waals surface area contributed by atoms with Gasteiger partial charge in [0.15, 0.2) is 5.13 Å². The number of hydrogen-bond acceptors (Lipinski definition) is 5. The Morgan fingerprint density at radius 3 is 2.85 bits per heavy atom. The number of hydrogen-bond donors (Lipinski definition) is 2. The molecule has 3 N–H and O–H groups in total. The number of carbonyl (C=O) groups excluding carboxylic acids is 1. The molecule has 0 aromatic carbocycles. The predicted molar refractivity (Wildman–Crippen MR) is 83.1 cm³/mol. The van der Waals surface area contributed by atoms with E-state index in [2.05, 4.69) is 20.6 Å². The van der Waals surface area contributed by atoms with Crippen LogP contribution in [0.4, 0.5) is 5.13 Å². The second-order valence-corrected chi connectivity index (χ2v) is 6.46. The van der Waals surface area contributed by atoms with Crippen molar-refractivity contribution < 1.29 is 4.79 Å². The van der Waals surface area contributed by atoms with Gasteiger partial charge < -0.3 is 16.0 Å². The van der Waals surface area contributed by atoms with E-state index in [0.29, 0.717) is 6.54 Å². The fraction of sp³-hybridized carbons (Fsp3) is 0.714. The molecule has 1 aromatic rings. The van der Waals surface area contributed by atoms with Gasteiger partial charge in [0.25, 0.3) is 0 Å². The van der Waals surface area contributed by atoms with E-state index in [9.17, 15) is 4.79 Å². The first-order chi connectivity index (χ1) is 9.58. The lowest BCUT2D eigenvalue weighted by atomic mass is 10.1. The molecule has 6 heteroatoms. The summed E-state index contributed by atoms with van der Waals surface area (Å²) in [5.74, 6) is 0.0889. The molecule has 0 radical (unpaired) electrons. The summed E-state index contributed by atoms with van der Waals surface area (Å²) in [6.45, 7) is 6.74. The second kappa shape index (κ2) is 7.04. The molecular weight excluding hydrogens is 272 g/mol. The fourth-order valence-electron chi connectivity index (χ4n) is 2.20. The van der Waals surface area contributed by atoms with Gasteiger partial charge in [-0.15, -0.1) is 11.3 Å². The zero-order valence-electron chi connectivity index (χ0n) is 12.3. The van der Waals surface area contributed by atoms with Gasteiger partial charge in [0.2, 0.25) is 5.91 Å². The topological polar surface area (TPSA) is 71.2 Å². The molecule has 1 amide bonds. The minimum Gasteiger partial charge on any atom is -0.354 e. The highest BCUT2D eigenvalue weighted by atomic mass is 32.1. The van der Waals surface area contributed by atoms with Gasteiger partial charge >= 0.3 is 0 Å². The number of nitrogens with one attached hydrogen (secondary N) is 1. The number of amides is 1. The fourth-order valence-corrected chi connectivity index (χ4v) is 3.11. The average Bonchev–Trinajstić information content (AvgIpc) is 3.07. The first-order valence-corrected chi connectivity index (χ1v) is 8.18. The van der Waals surface area contributed by atoms with E-state index >= 15 is 0 Å². The van der Waals surface area contributed by atoms with Crippen molar-refractivity contribution in [2.45, 2.75) is 39.2 Å². The molecule has 0 spiro atoms. The summed E-state index contributed by atoms with van der Waals surface area (Å²) in [4.78, 5) is 18.7. The number of nitrogens with zero attached hydrogens (tertiary/aromatic N) is 2. The van der Waals surface area contributed by atoms with E-state index in [1.165, 1.54) is 12.8 Å². The lowest BCUT2D eigenvalue weighted by molar-refractivity contribution is -0.123. The number of rotatable bonds is 6. The summed E-state index contributed by atoms with van der Waals surface area (Å²) in [6, 6.07) is -0.425. The Morgan fingerprint density at radius 1 is 1.50 bits per heavy atom.